The van der Waals surface area contributed by atoms with E-state index in [-0.39, 0.29) is 11.4 Å². The molecule has 0 saturated heterocycles. The lowest BCUT2D eigenvalue weighted by atomic mass is 10.2. The molecule has 1 heterocycles. The third kappa shape index (κ3) is 3.29. The number of benzene rings is 1. The molecule has 0 saturated carbocycles. The van der Waals surface area contributed by atoms with Gasteiger partial charge < -0.3 is 9.67 Å². The van der Waals surface area contributed by atoms with Crippen molar-refractivity contribution < 1.29 is 13.5 Å². The molecule has 1 atom stereocenters. The topological polar surface area (TPSA) is 71.3 Å². The van der Waals surface area contributed by atoms with Gasteiger partial charge in [-0.1, -0.05) is 12.1 Å². The highest BCUT2D eigenvalue weighted by Gasteiger charge is 2.19. The van der Waals surface area contributed by atoms with Crippen LogP contribution in [-0.2, 0) is 17.1 Å². The van der Waals surface area contributed by atoms with Crippen LogP contribution in [0, 0.1) is 0 Å². The highest BCUT2D eigenvalue weighted by molar-refractivity contribution is 9.10. The summed E-state index contributed by atoms with van der Waals surface area (Å²) in [7, 11) is -1.86. The van der Waals surface area contributed by atoms with Crippen LogP contribution in [0.1, 0.15) is 11.8 Å². The van der Waals surface area contributed by atoms with Crippen LogP contribution in [0.4, 0.5) is 0 Å². The fraction of sp³-hybridized carbons (Fsp3) is 0.231. The summed E-state index contributed by atoms with van der Waals surface area (Å²) < 4.78 is 29.0. The first-order chi connectivity index (χ1) is 9.42. The van der Waals surface area contributed by atoms with Crippen molar-refractivity contribution in [2.45, 2.75) is 11.0 Å². The lowest BCUT2D eigenvalue weighted by Gasteiger charge is -2.14. The van der Waals surface area contributed by atoms with Gasteiger partial charge in [-0.2, -0.15) is 0 Å². The number of aliphatic hydroxyl groups is 1. The van der Waals surface area contributed by atoms with Gasteiger partial charge >= 0.3 is 0 Å². The second kappa shape index (κ2) is 6.09. The molecule has 2 aromatic rings. The minimum Gasteiger partial charge on any atom is -0.386 e. The number of hydrogen-bond acceptors (Lipinski definition) is 3. The van der Waals surface area contributed by atoms with Crippen LogP contribution in [0.2, 0.25) is 0 Å². The molecule has 2 N–H and O–H groups in total. The van der Waals surface area contributed by atoms with Crippen LogP contribution < -0.4 is 4.72 Å². The van der Waals surface area contributed by atoms with Gasteiger partial charge in [0.15, 0.2) is 0 Å². The van der Waals surface area contributed by atoms with Crippen molar-refractivity contribution >= 4 is 26.0 Å². The van der Waals surface area contributed by atoms with Crippen molar-refractivity contribution in [3.05, 3.63) is 52.8 Å². The van der Waals surface area contributed by atoms with Gasteiger partial charge in [0, 0.05) is 30.0 Å². The molecule has 0 aliphatic carbocycles. The van der Waals surface area contributed by atoms with Crippen molar-refractivity contribution in [2.24, 2.45) is 7.05 Å². The summed E-state index contributed by atoms with van der Waals surface area (Å²) in [5.74, 6) is 0. The predicted molar refractivity (Wildman–Crippen MR) is 79.7 cm³/mol. The van der Waals surface area contributed by atoms with E-state index in [1.807, 2.05) is 0 Å². The van der Waals surface area contributed by atoms with E-state index >= 15 is 0 Å². The molecule has 0 aliphatic heterocycles. The van der Waals surface area contributed by atoms with E-state index in [2.05, 4.69) is 20.7 Å². The Morgan fingerprint density at radius 1 is 1.30 bits per heavy atom. The summed E-state index contributed by atoms with van der Waals surface area (Å²) in [6.45, 7) is -0.0818. The van der Waals surface area contributed by atoms with Crippen LogP contribution in [0.15, 0.2) is 52.0 Å². The number of aromatic nitrogens is 1. The number of sulfonamides is 1. The van der Waals surface area contributed by atoms with Crippen molar-refractivity contribution in [2.75, 3.05) is 6.54 Å². The second-order valence-electron chi connectivity index (χ2n) is 4.34. The average molecular weight is 359 g/mol. The number of rotatable bonds is 5. The Hall–Kier alpha value is -1.15. The van der Waals surface area contributed by atoms with Gasteiger partial charge in [-0.05, 0) is 40.2 Å². The zero-order chi connectivity index (χ0) is 14.8. The van der Waals surface area contributed by atoms with Crippen LogP contribution >= 0.6 is 15.9 Å². The first kappa shape index (κ1) is 15.2. The quantitative estimate of drug-likeness (QED) is 0.855. The summed E-state index contributed by atoms with van der Waals surface area (Å²) in [6, 6.07) is 10.1. The molecule has 7 heteroatoms. The molecular weight excluding hydrogens is 344 g/mol. The van der Waals surface area contributed by atoms with Crippen LogP contribution in [0.25, 0.3) is 0 Å². The molecule has 0 unspecified atom stereocenters. The third-order valence-electron chi connectivity index (χ3n) is 2.92. The average Bonchev–Trinajstić information content (AvgIpc) is 2.83. The molecule has 5 nitrogen and oxygen atoms in total. The van der Waals surface area contributed by atoms with Gasteiger partial charge in [0.25, 0.3) is 0 Å². The van der Waals surface area contributed by atoms with Crippen LogP contribution in [0.5, 0.6) is 0 Å². The summed E-state index contributed by atoms with van der Waals surface area (Å²) >= 11 is 3.20. The van der Waals surface area contributed by atoms with Gasteiger partial charge in [-0.3, -0.25) is 0 Å². The number of nitrogens with zero attached hydrogens (tertiary/aromatic N) is 1. The number of aryl methyl sites for hydroxylation is 1. The molecule has 1 aromatic heterocycles. The van der Waals surface area contributed by atoms with E-state index in [0.29, 0.717) is 10.2 Å². The molecule has 0 bridgehead atoms. The highest BCUT2D eigenvalue weighted by Crippen LogP contribution is 2.21. The monoisotopic (exact) mass is 358 g/mol. The Morgan fingerprint density at radius 2 is 2.00 bits per heavy atom. The fourth-order valence-corrected chi connectivity index (χ4v) is 3.89. The van der Waals surface area contributed by atoms with Crippen molar-refractivity contribution in [3.63, 3.8) is 0 Å². The lowest BCUT2D eigenvalue weighted by molar-refractivity contribution is 0.173. The molecule has 2 rings (SSSR count). The van der Waals surface area contributed by atoms with Gasteiger partial charge in [-0.15, -0.1) is 0 Å². The van der Waals surface area contributed by atoms with E-state index < -0.39 is 16.1 Å². The molecule has 20 heavy (non-hydrogen) atoms. The van der Waals surface area contributed by atoms with E-state index in [1.54, 1.807) is 48.1 Å². The highest BCUT2D eigenvalue weighted by atomic mass is 79.9. The molecule has 0 amide bonds. The Labute approximate surface area is 126 Å². The largest absolute Gasteiger partial charge is 0.386 e. The van der Waals surface area contributed by atoms with Crippen molar-refractivity contribution in [1.82, 2.24) is 9.29 Å². The maximum absolute atomic E-state index is 12.2. The number of aliphatic hydroxyl groups excluding tert-OH is 1. The lowest BCUT2D eigenvalue weighted by Crippen LogP contribution is -2.29. The maximum atomic E-state index is 12.2. The van der Waals surface area contributed by atoms with E-state index in [4.69, 9.17) is 0 Å². The number of hydrogen-bond donors (Lipinski definition) is 2. The second-order valence-corrected chi connectivity index (χ2v) is 6.93. The van der Waals surface area contributed by atoms with Crippen molar-refractivity contribution in [1.29, 1.82) is 0 Å². The normalized spacial score (nSPS) is 13.3. The Kier molecular flexibility index (Phi) is 4.64. The molecule has 0 fully saturated rings. The molecule has 0 aliphatic rings. The minimum absolute atomic E-state index is 0.0818. The summed E-state index contributed by atoms with van der Waals surface area (Å²) in [5.41, 5.74) is 0.653. The van der Waals surface area contributed by atoms with Crippen molar-refractivity contribution in [3.8, 4) is 0 Å². The zero-order valence-electron chi connectivity index (χ0n) is 10.8. The number of halogens is 1. The molecular formula is C13H15BrN2O3S. The summed E-state index contributed by atoms with van der Waals surface area (Å²) in [5, 5.41) is 10.0. The Morgan fingerprint density at radius 3 is 2.60 bits per heavy atom. The first-order valence-corrected chi connectivity index (χ1v) is 8.23. The van der Waals surface area contributed by atoms with Gasteiger partial charge in [0.1, 0.15) is 6.10 Å². The fourth-order valence-electron chi connectivity index (χ4n) is 1.85. The standard InChI is InChI=1S/C13H15BrN2O3S/c1-16-8-4-6-11(16)12(17)9-15-20(18,19)13-7-3-2-5-10(13)14/h2-8,12,15,17H,9H2,1H3/t12-/m0/s1. The molecule has 108 valence electrons. The number of nitrogens with one attached hydrogen (secondary N) is 1. The van der Waals surface area contributed by atoms with Gasteiger partial charge in [0.2, 0.25) is 10.0 Å². The first-order valence-electron chi connectivity index (χ1n) is 5.95. The molecule has 1 aromatic carbocycles. The SMILES string of the molecule is Cn1cccc1[C@@H](O)CNS(=O)(=O)c1ccccc1Br. The minimum atomic E-state index is -3.66. The molecule has 0 radical (unpaired) electrons. The molecule has 0 spiro atoms. The van der Waals surface area contributed by atoms with E-state index in [0.717, 1.165) is 0 Å². The smallest absolute Gasteiger partial charge is 0.241 e. The van der Waals surface area contributed by atoms with Crippen LogP contribution in [0.3, 0.4) is 0 Å². The zero-order valence-corrected chi connectivity index (χ0v) is 13.2. The van der Waals surface area contributed by atoms with E-state index in [1.165, 1.54) is 6.07 Å². The Balaban J connectivity index is 2.11. The Bertz CT molecular complexity index is 697. The summed E-state index contributed by atoms with van der Waals surface area (Å²) in [4.78, 5) is 0.152. The van der Waals surface area contributed by atoms with E-state index in [9.17, 15) is 13.5 Å². The van der Waals surface area contributed by atoms with Gasteiger partial charge in [-0.25, -0.2) is 13.1 Å². The van der Waals surface area contributed by atoms with Crippen LogP contribution in [-0.4, -0.2) is 24.6 Å². The third-order valence-corrected chi connectivity index (χ3v) is 5.35. The maximum Gasteiger partial charge on any atom is 0.241 e. The summed E-state index contributed by atoms with van der Waals surface area (Å²) in [6.07, 6.45) is 0.896. The predicted octanol–water partition coefficient (Wildman–Crippen LogP) is 1.80. The van der Waals surface area contributed by atoms with Gasteiger partial charge in [0.05, 0.1) is 4.90 Å².